The SMILES string of the molecule is COc1cc(C)c(CNC(=O)C(NC(=O)c2cc(C)on2)c2ccccc2)cc1C. The molecule has 7 nitrogen and oxygen atoms in total. The Balaban J connectivity index is 1.77. The number of aryl methyl sites for hydroxylation is 3. The van der Waals surface area contributed by atoms with Crippen LogP contribution in [0, 0.1) is 20.8 Å². The number of nitrogens with zero attached hydrogens (tertiary/aromatic N) is 1. The molecule has 0 aliphatic carbocycles. The molecular formula is C23H25N3O4. The first-order valence-corrected chi connectivity index (χ1v) is 9.60. The van der Waals surface area contributed by atoms with Crippen LogP contribution in [0.4, 0.5) is 0 Å². The van der Waals surface area contributed by atoms with Crippen LogP contribution in [0.1, 0.15) is 44.5 Å². The van der Waals surface area contributed by atoms with Crippen molar-refractivity contribution in [1.29, 1.82) is 0 Å². The van der Waals surface area contributed by atoms with Crippen molar-refractivity contribution in [2.75, 3.05) is 7.11 Å². The fourth-order valence-corrected chi connectivity index (χ4v) is 3.17. The summed E-state index contributed by atoms with van der Waals surface area (Å²) in [6.07, 6.45) is 0. The van der Waals surface area contributed by atoms with E-state index in [1.807, 2.05) is 44.2 Å². The molecular weight excluding hydrogens is 382 g/mol. The number of hydrogen-bond donors (Lipinski definition) is 2. The second-order valence-corrected chi connectivity index (χ2v) is 7.11. The van der Waals surface area contributed by atoms with E-state index in [0.717, 1.165) is 22.4 Å². The van der Waals surface area contributed by atoms with Crippen LogP contribution in [0.5, 0.6) is 5.75 Å². The standard InChI is InChI=1S/C23H25N3O4/c1-14-11-20(29-4)15(2)10-18(14)13-24-23(28)21(17-8-6-5-7-9-17)25-22(27)19-12-16(3)30-26-19/h5-12,21H,13H2,1-4H3,(H,24,28)(H,25,27). The molecule has 1 atom stereocenters. The van der Waals surface area contributed by atoms with E-state index in [1.165, 1.54) is 6.07 Å². The molecule has 0 aliphatic rings. The lowest BCUT2D eigenvalue weighted by atomic mass is 10.0. The number of nitrogens with one attached hydrogen (secondary N) is 2. The Bertz CT molecular complexity index is 1040. The van der Waals surface area contributed by atoms with Gasteiger partial charge in [-0.3, -0.25) is 9.59 Å². The summed E-state index contributed by atoms with van der Waals surface area (Å²) in [5.41, 5.74) is 3.78. The molecule has 2 amide bonds. The lowest BCUT2D eigenvalue weighted by molar-refractivity contribution is -0.123. The Morgan fingerprint density at radius 1 is 1.07 bits per heavy atom. The largest absolute Gasteiger partial charge is 0.496 e. The van der Waals surface area contributed by atoms with Gasteiger partial charge >= 0.3 is 0 Å². The highest BCUT2D eigenvalue weighted by Gasteiger charge is 2.24. The molecule has 3 rings (SSSR count). The van der Waals surface area contributed by atoms with E-state index in [9.17, 15) is 9.59 Å². The summed E-state index contributed by atoms with van der Waals surface area (Å²) in [5, 5.41) is 9.40. The van der Waals surface area contributed by atoms with Gasteiger partial charge in [-0.2, -0.15) is 0 Å². The van der Waals surface area contributed by atoms with Crippen molar-refractivity contribution in [2.24, 2.45) is 0 Å². The second kappa shape index (κ2) is 9.26. The number of methoxy groups -OCH3 is 1. The van der Waals surface area contributed by atoms with Gasteiger partial charge in [-0.15, -0.1) is 0 Å². The molecule has 0 aliphatic heterocycles. The van der Waals surface area contributed by atoms with Gasteiger partial charge in [-0.25, -0.2) is 0 Å². The van der Waals surface area contributed by atoms with Gasteiger partial charge in [0, 0.05) is 12.6 Å². The molecule has 0 bridgehead atoms. The van der Waals surface area contributed by atoms with E-state index in [1.54, 1.807) is 26.2 Å². The topological polar surface area (TPSA) is 93.5 Å². The van der Waals surface area contributed by atoms with Crippen LogP contribution in [-0.4, -0.2) is 24.1 Å². The average Bonchev–Trinajstić information content (AvgIpc) is 3.19. The summed E-state index contributed by atoms with van der Waals surface area (Å²) >= 11 is 0. The van der Waals surface area contributed by atoms with E-state index in [-0.39, 0.29) is 11.6 Å². The third-order valence-electron chi connectivity index (χ3n) is 4.84. The fourth-order valence-electron chi connectivity index (χ4n) is 3.17. The third kappa shape index (κ3) is 4.86. The number of benzene rings is 2. The number of carbonyl (C=O) groups excluding carboxylic acids is 2. The van der Waals surface area contributed by atoms with Crippen LogP contribution >= 0.6 is 0 Å². The van der Waals surface area contributed by atoms with Gasteiger partial charge in [0.1, 0.15) is 17.6 Å². The molecule has 1 aromatic heterocycles. The van der Waals surface area contributed by atoms with Gasteiger partial charge in [0.15, 0.2) is 5.69 Å². The minimum Gasteiger partial charge on any atom is -0.496 e. The molecule has 156 valence electrons. The van der Waals surface area contributed by atoms with Crippen molar-refractivity contribution in [3.05, 3.63) is 82.2 Å². The molecule has 2 aromatic carbocycles. The number of hydrogen-bond acceptors (Lipinski definition) is 5. The molecule has 7 heteroatoms. The highest BCUT2D eigenvalue weighted by atomic mass is 16.5. The maximum absolute atomic E-state index is 13.0. The van der Waals surface area contributed by atoms with Crippen molar-refractivity contribution in [1.82, 2.24) is 15.8 Å². The van der Waals surface area contributed by atoms with Crippen LogP contribution in [0.15, 0.2) is 53.1 Å². The lowest BCUT2D eigenvalue weighted by Crippen LogP contribution is -2.40. The average molecular weight is 407 g/mol. The van der Waals surface area contributed by atoms with E-state index < -0.39 is 11.9 Å². The highest BCUT2D eigenvalue weighted by Crippen LogP contribution is 2.23. The Hall–Kier alpha value is -3.61. The van der Waals surface area contributed by atoms with Gasteiger partial charge in [0.2, 0.25) is 5.91 Å². The van der Waals surface area contributed by atoms with Crippen molar-refractivity contribution >= 4 is 11.8 Å². The molecule has 2 N–H and O–H groups in total. The normalized spacial score (nSPS) is 11.6. The van der Waals surface area contributed by atoms with Gasteiger partial charge in [0.05, 0.1) is 7.11 Å². The van der Waals surface area contributed by atoms with E-state index in [4.69, 9.17) is 9.26 Å². The van der Waals surface area contributed by atoms with Crippen molar-refractivity contribution in [3.8, 4) is 5.75 Å². The first-order valence-electron chi connectivity index (χ1n) is 9.60. The molecule has 3 aromatic rings. The quantitative estimate of drug-likeness (QED) is 0.626. The lowest BCUT2D eigenvalue weighted by Gasteiger charge is -2.19. The van der Waals surface area contributed by atoms with Crippen molar-refractivity contribution in [2.45, 2.75) is 33.4 Å². The first-order chi connectivity index (χ1) is 14.4. The maximum atomic E-state index is 13.0. The zero-order valence-electron chi connectivity index (χ0n) is 17.5. The summed E-state index contributed by atoms with van der Waals surface area (Å²) in [7, 11) is 1.63. The van der Waals surface area contributed by atoms with Crippen LogP contribution < -0.4 is 15.4 Å². The Labute approximate surface area is 175 Å². The van der Waals surface area contributed by atoms with E-state index in [2.05, 4.69) is 15.8 Å². The summed E-state index contributed by atoms with van der Waals surface area (Å²) in [6, 6.07) is 13.7. The first kappa shape index (κ1) is 21.1. The maximum Gasteiger partial charge on any atom is 0.274 e. The molecule has 1 unspecified atom stereocenters. The number of rotatable bonds is 7. The molecule has 0 fully saturated rings. The number of amides is 2. The second-order valence-electron chi connectivity index (χ2n) is 7.11. The van der Waals surface area contributed by atoms with Crippen LogP contribution in [0.2, 0.25) is 0 Å². The van der Waals surface area contributed by atoms with Crippen LogP contribution in [0.3, 0.4) is 0 Å². The molecule has 1 heterocycles. The zero-order chi connectivity index (χ0) is 21.7. The molecule has 30 heavy (non-hydrogen) atoms. The van der Waals surface area contributed by atoms with Crippen molar-refractivity contribution in [3.63, 3.8) is 0 Å². The summed E-state index contributed by atoms with van der Waals surface area (Å²) in [4.78, 5) is 25.6. The van der Waals surface area contributed by atoms with Crippen LogP contribution in [0.25, 0.3) is 0 Å². The number of carbonyl (C=O) groups is 2. The Morgan fingerprint density at radius 2 is 1.80 bits per heavy atom. The summed E-state index contributed by atoms with van der Waals surface area (Å²) in [5.74, 6) is 0.529. The predicted molar refractivity (Wildman–Crippen MR) is 112 cm³/mol. The highest BCUT2D eigenvalue weighted by molar-refractivity contribution is 5.96. The minimum absolute atomic E-state index is 0.128. The van der Waals surface area contributed by atoms with E-state index in [0.29, 0.717) is 17.9 Å². The van der Waals surface area contributed by atoms with Gasteiger partial charge in [-0.1, -0.05) is 41.6 Å². The number of aromatic nitrogens is 1. The van der Waals surface area contributed by atoms with Gasteiger partial charge < -0.3 is 19.9 Å². The fraction of sp³-hybridized carbons (Fsp3) is 0.261. The number of ether oxygens (including phenoxy) is 1. The smallest absolute Gasteiger partial charge is 0.274 e. The van der Waals surface area contributed by atoms with Crippen molar-refractivity contribution < 1.29 is 18.8 Å². The minimum atomic E-state index is -0.865. The van der Waals surface area contributed by atoms with E-state index >= 15 is 0 Å². The predicted octanol–water partition coefficient (Wildman–Crippen LogP) is 3.40. The molecule has 0 saturated heterocycles. The monoisotopic (exact) mass is 407 g/mol. The molecule has 0 spiro atoms. The third-order valence-corrected chi connectivity index (χ3v) is 4.84. The molecule has 0 radical (unpaired) electrons. The summed E-state index contributed by atoms with van der Waals surface area (Å²) < 4.78 is 10.3. The van der Waals surface area contributed by atoms with Gasteiger partial charge in [0.25, 0.3) is 5.91 Å². The zero-order valence-corrected chi connectivity index (χ0v) is 17.5. The van der Waals surface area contributed by atoms with Crippen LogP contribution in [-0.2, 0) is 11.3 Å². The Kier molecular flexibility index (Phi) is 6.51. The molecule has 0 saturated carbocycles. The summed E-state index contributed by atoms with van der Waals surface area (Å²) in [6.45, 7) is 5.95. The van der Waals surface area contributed by atoms with Gasteiger partial charge in [-0.05, 0) is 49.1 Å². The Morgan fingerprint density at radius 3 is 2.43 bits per heavy atom.